The highest BCUT2D eigenvalue weighted by molar-refractivity contribution is 5.74. The van der Waals surface area contributed by atoms with Gasteiger partial charge < -0.3 is 10.6 Å². The Morgan fingerprint density at radius 1 is 1.28 bits per heavy atom. The second-order valence-corrected chi connectivity index (χ2v) is 7.17. The average Bonchev–Trinajstić information content (AvgIpc) is 3.36. The minimum atomic E-state index is -0.206. The summed E-state index contributed by atoms with van der Waals surface area (Å²) in [6.07, 6.45) is 5.47. The van der Waals surface area contributed by atoms with Crippen molar-refractivity contribution in [2.24, 2.45) is 5.92 Å². The summed E-state index contributed by atoms with van der Waals surface area (Å²) in [5, 5.41) is 17.8. The molecule has 1 saturated carbocycles. The Labute approximate surface area is 147 Å². The van der Waals surface area contributed by atoms with Crippen LogP contribution in [0.2, 0.25) is 0 Å². The van der Waals surface area contributed by atoms with Crippen molar-refractivity contribution in [1.29, 1.82) is 0 Å². The number of fused-ring (bicyclic) bond motifs is 1. The summed E-state index contributed by atoms with van der Waals surface area (Å²) in [7, 11) is 0. The first-order valence-electron chi connectivity index (χ1n) is 9.09. The molecule has 132 valence electrons. The number of carbonyl (C=O) groups excluding carboxylic acids is 1. The van der Waals surface area contributed by atoms with Gasteiger partial charge >= 0.3 is 6.03 Å². The molecule has 2 aliphatic carbocycles. The molecule has 7 heteroatoms. The molecule has 1 heterocycles. The van der Waals surface area contributed by atoms with Gasteiger partial charge in [0.15, 0.2) is 5.82 Å². The normalized spacial score (nSPS) is 20.6. The maximum Gasteiger partial charge on any atom is 0.315 e. The lowest BCUT2D eigenvalue weighted by atomic mass is 9.84. The number of urea groups is 1. The van der Waals surface area contributed by atoms with E-state index in [1.54, 1.807) is 0 Å². The average molecular weight is 340 g/mol. The second kappa shape index (κ2) is 6.82. The standard InChI is InChI=1S/C18H24N6O/c1-12(17-21-22-23-24(17)16-8-9-16)20-18(25)19-11-13-6-7-14-4-2-3-5-15(14)10-13/h2-5,12-13,16H,6-11H2,1H3,(H2,19,20,25)/t12-,13-/m0/s1. The van der Waals surface area contributed by atoms with E-state index in [9.17, 15) is 4.79 Å². The van der Waals surface area contributed by atoms with Crippen LogP contribution in [-0.4, -0.2) is 32.8 Å². The van der Waals surface area contributed by atoms with Crippen molar-refractivity contribution in [2.75, 3.05) is 6.54 Å². The van der Waals surface area contributed by atoms with Crippen molar-refractivity contribution in [3.63, 3.8) is 0 Å². The number of hydrogen-bond acceptors (Lipinski definition) is 4. The molecule has 2 aromatic rings. The topological polar surface area (TPSA) is 84.7 Å². The van der Waals surface area contributed by atoms with Gasteiger partial charge in [-0.25, -0.2) is 9.48 Å². The van der Waals surface area contributed by atoms with Crippen molar-refractivity contribution in [2.45, 2.75) is 51.1 Å². The highest BCUT2D eigenvalue weighted by Gasteiger charge is 2.30. The molecule has 2 aliphatic rings. The van der Waals surface area contributed by atoms with E-state index in [1.165, 1.54) is 11.1 Å². The summed E-state index contributed by atoms with van der Waals surface area (Å²) in [5.41, 5.74) is 2.86. The molecule has 0 radical (unpaired) electrons. The molecule has 0 saturated heterocycles. The third-order valence-corrected chi connectivity index (χ3v) is 5.15. The Balaban J connectivity index is 1.27. The molecule has 1 aromatic carbocycles. The Bertz CT molecular complexity index is 754. The lowest BCUT2D eigenvalue weighted by Gasteiger charge is -2.25. The van der Waals surface area contributed by atoms with Crippen LogP contribution >= 0.6 is 0 Å². The Morgan fingerprint density at radius 2 is 2.08 bits per heavy atom. The van der Waals surface area contributed by atoms with Gasteiger partial charge in [0.2, 0.25) is 0 Å². The first-order chi connectivity index (χ1) is 12.2. The van der Waals surface area contributed by atoms with Gasteiger partial charge in [0.05, 0.1) is 12.1 Å². The third-order valence-electron chi connectivity index (χ3n) is 5.15. The number of benzene rings is 1. The smallest absolute Gasteiger partial charge is 0.315 e. The van der Waals surface area contributed by atoms with Crippen molar-refractivity contribution >= 4 is 6.03 Å². The zero-order valence-electron chi connectivity index (χ0n) is 14.5. The van der Waals surface area contributed by atoms with Crippen LogP contribution in [0.15, 0.2) is 24.3 Å². The number of carbonyl (C=O) groups is 1. The van der Waals surface area contributed by atoms with E-state index in [4.69, 9.17) is 0 Å². The summed E-state index contributed by atoms with van der Waals surface area (Å²) >= 11 is 0. The number of nitrogens with zero attached hydrogens (tertiary/aromatic N) is 4. The summed E-state index contributed by atoms with van der Waals surface area (Å²) in [6, 6.07) is 8.63. The third kappa shape index (κ3) is 3.65. The van der Waals surface area contributed by atoms with Gasteiger partial charge in [-0.3, -0.25) is 0 Å². The van der Waals surface area contributed by atoms with E-state index in [-0.39, 0.29) is 12.1 Å². The maximum atomic E-state index is 12.2. The first kappa shape index (κ1) is 16.1. The molecule has 4 rings (SSSR count). The fourth-order valence-corrected chi connectivity index (χ4v) is 3.56. The van der Waals surface area contributed by atoms with E-state index in [2.05, 4.69) is 50.4 Å². The van der Waals surface area contributed by atoms with Crippen LogP contribution in [0.4, 0.5) is 4.79 Å². The van der Waals surface area contributed by atoms with Crippen LogP contribution in [0.3, 0.4) is 0 Å². The molecule has 1 fully saturated rings. The van der Waals surface area contributed by atoms with Gasteiger partial charge in [-0.2, -0.15) is 0 Å². The summed E-state index contributed by atoms with van der Waals surface area (Å²) in [5.74, 6) is 1.22. The molecule has 0 aliphatic heterocycles. The quantitative estimate of drug-likeness (QED) is 0.874. The number of aryl methyl sites for hydroxylation is 1. The van der Waals surface area contributed by atoms with Gasteiger partial charge in [0.1, 0.15) is 0 Å². The Morgan fingerprint density at radius 3 is 2.88 bits per heavy atom. The largest absolute Gasteiger partial charge is 0.338 e. The predicted molar refractivity (Wildman–Crippen MR) is 93.0 cm³/mol. The predicted octanol–water partition coefficient (Wildman–Crippen LogP) is 2.17. The zero-order valence-corrected chi connectivity index (χ0v) is 14.5. The summed E-state index contributed by atoms with van der Waals surface area (Å²) < 4.78 is 1.84. The fourth-order valence-electron chi connectivity index (χ4n) is 3.56. The van der Waals surface area contributed by atoms with E-state index < -0.39 is 0 Å². The molecule has 2 amide bonds. The highest BCUT2D eigenvalue weighted by Crippen LogP contribution is 2.35. The molecule has 7 nitrogen and oxygen atoms in total. The number of aromatic nitrogens is 4. The van der Waals surface area contributed by atoms with Gasteiger partial charge in [0, 0.05) is 6.54 Å². The van der Waals surface area contributed by atoms with Gasteiger partial charge in [-0.15, -0.1) is 5.10 Å². The van der Waals surface area contributed by atoms with Crippen molar-refractivity contribution in [3.05, 3.63) is 41.2 Å². The molecule has 1 aromatic heterocycles. The minimum Gasteiger partial charge on any atom is -0.338 e. The molecule has 0 bridgehead atoms. The van der Waals surface area contributed by atoms with E-state index in [1.807, 2.05) is 11.6 Å². The van der Waals surface area contributed by atoms with Crippen LogP contribution in [0.5, 0.6) is 0 Å². The molecule has 2 N–H and O–H groups in total. The van der Waals surface area contributed by atoms with E-state index in [0.717, 1.165) is 37.9 Å². The Hall–Kier alpha value is -2.44. The molecular weight excluding hydrogens is 316 g/mol. The van der Waals surface area contributed by atoms with Gasteiger partial charge in [0.25, 0.3) is 0 Å². The van der Waals surface area contributed by atoms with Crippen LogP contribution in [-0.2, 0) is 12.8 Å². The molecule has 25 heavy (non-hydrogen) atoms. The van der Waals surface area contributed by atoms with Crippen LogP contribution < -0.4 is 10.6 Å². The monoisotopic (exact) mass is 340 g/mol. The second-order valence-electron chi connectivity index (χ2n) is 7.17. The number of hydrogen-bond donors (Lipinski definition) is 2. The zero-order chi connectivity index (χ0) is 17.2. The van der Waals surface area contributed by atoms with E-state index in [0.29, 0.717) is 18.5 Å². The van der Waals surface area contributed by atoms with Gasteiger partial charge in [-0.05, 0) is 66.5 Å². The Kier molecular flexibility index (Phi) is 4.38. The number of amides is 2. The number of rotatable bonds is 5. The highest BCUT2D eigenvalue weighted by atomic mass is 16.2. The number of tetrazole rings is 1. The molecule has 0 spiro atoms. The lowest BCUT2D eigenvalue weighted by Crippen LogP contribution is -2.41. The minimum absolute atomic E-state index is 0.156. The van der Waals surface area contributed by atoms with Gasteiger partial charge in [-0.1, -0.05) is 24.3 Å². The first-order valence-corrected chi connectivity index (χ1v) is 9.09. The van der Waals surface area contributed by atoms with Crippen molar-refractivity contribution in [1.82, 2.24) is 30.8 Å². The molecule has 0 unspecified atom stereocenters. The SMILES string of the molecule is C[C@H](NC(=O)NC[C@H]1CCc2ccccc2C1)c1nnnn1C1CC1. The molecule has 2 atom stereocenters. The lowest BCUT2D eigenvalue weighted by molar-refractivity contribution is 0.234. The summed E-state index contributed by atoms with van der Waals surface area (Å²) in [4.78, 5) is 12.2. The molecular formula is C18H24N6O. The van der Waals surface area contributed by atoms with E-state index >= 15 is 0 Å². The maximum absolute atomic E-state index is 12.2. The van der Waals surface area contributed by atoms with Crippen LogP contribution in [0, 0.1) is 5.92 Å². The fraction of sp³-hybridized carbons (Fsp3) is 0.556. The van der Waals surface area contributed by atoms with Crippen molar-refractivity contribution in [3.8, 4) is 0 Å². The summed E-state index contributed by atoms with van der Waals surface area (Å²) in [6.45, 7) is 2.61. The van der Waals surface area contributed by atoms with Crippen LogP contribution in [0.25, 0.3) is 0 Å². The van der Waals surface area contributed by atoms with Crippen LogP contribution in [0.1, 0.15) is 55.2 Å². The van der Waals surface area contributed by atoms with Crippen molar-refractivity contribution < 1.29 is 4.79 Å². The number of nitrogens with one attached hydrogen (secondary N) is 2.